The monoisotopic (exact) mass is 274 g/mol. The molecule has 0 spiro atoms. The number of nitrogens with zero attached hydrogens (tertiary/aromatic N) is 1. The van der Waals surface area contributed by atoms with E-state index in [1.165, 1.54) is 0 Å². The number of ether oxygens (including phenoxy) is 1. The van der Waals surface area contributed by atoms with Crippen LogP contribution in [-0.2, 0) is 4.74 Å². The number of hydrogen-bond acceptors (Lipinski definition) is 3. The lowest BCUT2D eigenvalue weighted by Crippen LogP contribution is -2.56. The highest BCUT2D eigenvalue weighted by Crippen LogP contribution is 2.21. The van der Waals surface area contributed by atoms with Crippen LogP contribution in [0.4, 0.5) is 4.79 Å². The van der Waals surface area contributed by atoms with Gasteiger partial charge in [-0.2, -0.15) is 11.8 Å². The summed E-state index contributed by atoms with van der Waals surface area (Å²) in [6.45, 7) is 8.30. The lowest BCUT2D eigenvalue weighted by atomic mass is 10.0. The van der Waals surface area contributed by atoms with E-state index in [4.69, 9.17) is 4.74 Å². The molecule has 0 aromatic carbocycles. The summed E-state index contributed by atoms with van der Waals surface area (Å²) < 4.78 is 5.75. The molecular weight excluding hydrogens is 248 g/mol. The van der Waals surface area contributed by atoms with Gasteiger partial charge in [-0.15, -0.1) is 0 Å². The summed E-state index contributed by atoms with van der Waals surface area (Å²) in [4.78, 5) is 14.1. The van der Waals surface area contributed by atoms with E-state index in [-0.39, 0.29) is 17.7 Å². The molecule has 0 bridgehead atoms. The first-order chi connectivity index (χ1) is 8.54. The van der Waals surface area contributed by atoms with E-state index in [0.29, 0.717) is 19.7 Å². The standard InChI is InChI=1S/C13H26N2O2S/c1-5-11(9-18-4)14-12(16)15-7-8-17-13(3,6-2)10-15/h11H,5-10H2,1-4H3,(H,14,16)/t11-,13-/m0/s1. The SMILES string of the molecule is CC[C@@H](CSC)NC(=O)N1CCO[C@@](C)(CC)C1. The minimum atomic E-state index is -0.184. The van der Waals surface area contributed by atoms with Crippen molar-refractivity contribution in [3.05, 3.63) is 0 Å². The first-order valence-electron chi connectivity index (χ1n) is 6.73. The van der Waals surface area contributed by atoms with Gasteiger partial charge in [-0.1, -0.05) is 13.8 Å². The number of amides is 2. The van der Waals surface area contributed by atoms with Crippen LogP contribution in [0, 0.1) is 0 Å². The van der Waals surface area contributed by atoms with Crippen LogP contribution >= 0.6 is 11.8 Å². The van der Waals surface area contributed by atoms with Gasteiger partial charge in [0.05, 0.1) is 18.8 Å². The number of urea groups is 1. The van der Waals surface area contributed by atoms with Crippen molar-refractivity contribution < 1.29 is 9.53 Å². The zero-order valence-corrected chi connectivity index (χ0v) is 12.8. The van der Waals surface area contributed by atoms with Crippen LogP contribution in [0.25, 0.3) is 0 Å². The smallest absolute Gasteiger partial charge is 0.317 e. The van der Waals surface area contributed by atoms with Crippen molar-refractivity contribution in [2.75, 3.05) is 31.7 Å². The van der Waals surface area contributed by atoms with Crippen LogP contribution in [0.1, 0.15) is 33.6 Å². The van der Waals surface area contributed by atoms with E-state index in [1.54, 1.807) is 11.8 Å². The van der Waals surface area contributed by atoms with Gasteiger partial charge in [0.2, 0.25) is 0 Å². The normalized spacial score (nSPS) is 25.9. The van der Waals surface area contributed by atoms with E-state index >= 15 is 0 Å². The van der Waals surface area contributed by atoms with E-state index in [0.717, 1.165) is 18.6 Å². The van der Waals surface area contributed by atoms with Crippen molar-refractivity contribution in [1.82, 2.24) is 10.2 Å². The number of carbonyl (C=O) groups is 1. The van der Waals surface area contributed by atoms with E-state index in [1.807, 2.05) is 4.90 Å². The van der Waals surface area contributed by atoms with Crippen molar-refractivity contribution in [3.63, 3.8) is 0 Å². The molecule has 2 atom stereocenters. The molecule has 0 aromatic heterocycles. The maximum atomic E-state index is 12.2. The molecule has 1 saturated heterocycles. The van der Waals surface area contributed by atoms with Crippen molar-refractivity contribution in [1.29, 1.82) is 0 Å². The van der Waals surface area contributed by atoms with Crippen molar-refractivity contribution >= 4 is 17.8 Å². The molecule has 0 aliphatic carbocycles. The summed E-state index contributed by atoms with van der Waals surface area (Å²) in [5.41, 5.74) is -0.184. The van der Waals surface area contributed by atoms with Crippen LogP contribution in [-0.4, -0.2) is 54.3 Å². The van der Waals surface area contributed by atoms with Gasteiger partial charge in [0.15, 0.2) is 0 Å². The number of nitrogens with one attached hydrogen (secondary N) is 1. The predicted octanol–water partition coefficient (Wildman–Crippen LogP) is 2.34. The van der Waals surface area contributed by atoms with Crippen LogP contribution in [0.3, 0.4) is 0 Å². The molecule has 1 heterocycles. The molecular formula is C13H26N2O2S. The van der Waals surface area contributed by atoms with Gasteiger partial charge in [0.1, 0.15) is 0 Å². The van der Waals surface area contributed by atoms with E-state index in [2.05, 4.69) is 32.3 Å². The van der Waals surface area contributed by atoms with Gasteiger partial charge in [0.25, 0.3) is 0 Å². The first-order valence-corrected chi connectivity index (χ1v) is 8.12. The minimum absolute atomic E-state index is 0.0545. The number of hydrogen-bond donors (Lipinski definition) is 1. The average Bonchev–Trinajstić information content (AvgIpc) is 2.38. The molecule has 0 saturated carbocycles. The van der Waals surface area contributed by atoms with Crippen LogP contribution in [0.2, 0.25) is 0 Å². The van der Waals surface area contributed by atoms with Gasteiger partial charge in [-0.3, -0.25) is 0 Å². The van der Waals surface area contributed by atoms with Crippen LogP contribution in [0.15, 0.2) is 0 Å². The molecule has 0 radical (unpaired) electrons. The first kappa shape index (κ1) is 15.6. The second-order valence-electron chi connectivity index (χ2n) is 5.08. The number of rotatable bonds is 5. The summed E-state index contributed by atoms with van der Waals surface area (Å²) in [6, 6.07) is 0.321. The Balaban J connectivity index is 2.50. The fraction of sp³-hybridized carbons (Fsp3) is 0.923. The van der Waals surface area contributed by atoms with Gasteiger partial charge < -0.3 is 15.0 Å². The summed E-state index contributed by atoms with van der Waals surface area (Å²) in [5.74, 6) is 0.970. The van der Waals surface area contributed by atoms with Crippen molar-refractivity contribution in [3.8, 4) is 0 Å². The Kier molecular flexibility index (Phi) is 6.29. The molecule has 0 unspecified atom stereocenters. The molecule has 5 heteroatoms. The summed E-state index contributed by atoms with van der Waals surface area (Å²) >= 11 is 1.77. The zero-order valence-electron chi connectivity index (χ0n) is 12.0. The fourth-order valence-electron chi connectivity index (χ4n) is 2.05. The third kappa shape index (κ3) is 4.35. The fourth-order valence-corrected chi connectivity index (χ4v) is 2.77. The quantitative estimate of drug-likeness (QED) is 0.836. The lowest BCUT2D eigenvalue weighted by Gasteiger charge is -2.40. The van der Waals surface area contributed by atoms with Gasteiger partial charge in [-0.25, -0.2) is 4.79 Å². The molecule has 1 aliphatic heterocycles. The topological polar surface area (TPSA) is 41.6 Å². The van der Waals surface area contributed by atoms with Crippen LogP contribution < -0.4 is 5.32 Å². The maximum absolute atomic E-state index is 12.2. The molecule has 0 aromatic rings. The summed E-state index contributed by atoms with van der Waals surface area (Å²) in [7, 11) is 0. The Morgan fingerprint density at radius 1 is 1.56 bits per heavy atom. The Labute approximate surface area is 115 Å². The van der Waals surface area contributed by atoms with E-state index < -0.39 is 0 Å². The van der Waals surface area contributed by atoms with Gasteiger partial charge in [-0.05, 0) is 26.0 Å². The molecule has 2 amide bonds. The Morgan fingerprint density at radius 2 is 2.28 bits per heavy atom. The third-order valence-corrected chi connectivity index (χ3v) is 4.30. The van der Waals surface area contributed by atoms with Gasteiger partial charge >= 0.3 is 6.03 Å². The Bertz CT molecular complexity index is 276. The van der Waals surface area contributed by atoms with Crippen molar-refractivity contribution in [2.24, 2.45) is 0 Å². The number of thioether (sulfide) groups is 1. The maximum Gasteiger partial charge on any atom is 0.317 e. The molecule has 18 heavy (non-hydrogen) atoms. The van der Waals surface area contributed by atoms with Crippen LogP contribution in [0.5, 0.6) is 0 Å². The Morgan fingerprint density at radius 3 is 2.83 bits per heavy atom. The summed E-state index contributed by atoms with van der Waals surface area (Å²) in [6.07, 6.45) is 3.97. The highest BCUT2D eigenvalue weighted by Gasteiger charge is 2.32. The lowest BCUT2D eigenvalue weighted by molar-refractivity contribution is -0.0874. The average molecular weight is 274 g/mol. The Hall–Kier alpha value is -0.420. The predicted molar refractivity (Wildman–Crippen MR) is 77.2 cm³/mol. The molecule has 1 fully saturated rings. The highest BCUT2D eigenvalue weighted by molar-refractivity contribution is 7.98. The minimum Gasteiger partial charge on any atom is -0.372 e. The molecule has 4 nitrogen and oxygen atoms in total. The zero-order chi connectivity index (χ0) is 13.6. The largest absolute Gasteiger partial charge is 0.372 e. The van der Waals surface area contributed by atoms with Gasteiger partial charge in [0, 0.05) is 18.3 Å². The molecule has 1 rings (SSSR count). The summed E-state index contributed by atoms with van der Waals surface area (Å²) in [5, 5.41) is 3.11. The third-order valence-electron chi connectivity index (χ3n) is 3.56. The molecule has 1 aliphatic rings. The second-order valence-corrected chi connectivity index (χ2v) is 5.99. The van der Waals surface area contributed by atoms with Crippen molar-refractivity contribution in [2.45, 2.75) is 45.3 Å². The van der Waals surface area contributed by atoms with E-state index in [9.17, 15) is 4.79 Å². The number of carbonyl (C=O) groups excluding carboxylic acids is 1. The number of morpholine rings is 1. The molecule has 106 valence electrons. The second kappa shape index (κ2) is 7.24. The molecule has 1 N–H and O–H groups in total. The highest BCUT2D eigenvalue weighted by atomic mass is 32.2.